The molecule has 2 aromatic rings. The number of carbonyl (C=O) groups excluding carboxylic acids is 2. The summed E-state index contributed by atoms with van der Waals surface area (Å²) in [6, 6.07) is 7.88. The monoisotopic (exact) mass is 430 g/mol. The van der Waals surface area contributed by atoms with Gasteiger partial charge < -0.3 is 10.2 Å². The molecule has 1 aromatic heterocycles. The van der Waals surface area contributed by atoms with Gasteiger partial charge >= 0.3 is 0 Å². The molecule has 1 aliphatic heterocycles. The van der Waals surface area contributed by atoms with Crippen molar-refractivity contribution in [3.05, 3.63) is 35.7 Å². The predicted octanol–water partition coefficient (Wildman–Crippen LogP) is 2.19. The molecule has 162 valence electrons. The first-order chi connectivity index (χ1) is 14.6. The van der Waals surface area contributed by atoms with E-state index in [1.165, 1.54) is 11.8 Å². The van der Waals surface area contributed by atoms with E-state index in [4.69, 9.17) is 0 Å². The van der Waals surface area contributed by atoms with Gasteiger partial charge in [0.05, 0.1) is 12.3 Å². The second kappa shape index (κ2) is 11.1. The summed E-state index contributed by atoms with van der Waals surface area (Å²) in [5, 5.41) is 10.7. The number of hydrogen-bond acceptors (Lipinski definition) is 6. The van der Waals surface area contributed by atoms with Crippen LogP contribution >= 0.6 is 11.8 Å². The average molecular weight is 431 g/mol. The lowest BCUT2D eigenvalue weighted by atomic mass is 10.1. The van der Waals surface area contributed by atoms with E-state index in [0.717, 1.165) is 36.3 Å². The smallest absolute Gasteiger partial charge is 0.238 e. The molecular formula is C21H30N6O2S. The van der Waals surface area contributed by atoms with Gasteiger partial charge in [0.1, 0.15) is 5.82 Å². The molecule has 1 aliphatic rings. The van der Waals surface area contributed by atoms with Gasteiger partial charge in [-0.3, -0.25) is 19.6 Å². The van der Waals surface area contributed by atoms with Crippen molar-refractivity contribution >= 4 is 29.3 Å². The topological polar surface area (TPSA) is 94.2 Å². The van der Waals surface area contributed by atoms with Gasteiger partial charge in [-0.05, 0) is 24.5 Å². The number of carbonyl (C=O) groups is 2. The van der Waals surface area contributed by atoms with E-state index < -0.39 is 0 Å². The Bertz CT molecular complexity index is 848. The van der Waals surface area contributed by atoms with Gasteiger partial charge in [-0.1, -0.05) is 43.8 Å². The Kier molecular flexibility index (Phi) is 8.27. The van der Waals surface area contributed by atoms with E-state index in [0.29, 0.717) is 43.6 Å². The Morgan fingerprint density at radius 1 is 1.17 bits per heavy atom. The lowest BCUT2D eigenvalue weighted by molar-refractivity contribution is -0.130. The van der Waals surface area contributed by atoms with Crippen LogP contribution in [0.5, 0.6) is 0 Å². The normalized spacial score (nSPS) is 14.7. The molecule has 1 fully saturated rings. The lowest BCUT2D eigenvalue weighted by Crippen LogP contribution is -2.50. The first-order valence-electron chi connectivity index (χ1n) is 10.5. The minimum absolute atomic E-state index is 0.0151. The molecule has 9 heteroatoms. The number of nitrogens with zero attached hydrogens (tertiary/aromatic N) is 4. The lowest BCUT2D eigenvalue weighted by Gasteiger charge is -2.34. The van der Waals surface area contributed by atoms with Crippen molar-refractivity contribution in [1.82, 2.24) is 25.0 Å². The molecular weight excluding hydrogens is 400 g/mol. The number of amides is 2. The molecule has 0 unspecified atom stereocenters. The molecule has 2 heterocycles. The quantitative estimate of drug-likeness (QED) is 0.593. The molecule has 0 spiro atoms. The standard InChI is InChI=1S/C21H30N6O2S/c1-3-7-18-23-21(25-24-18)30-15-20(29)27-12-10-26(11-13-27)14-19(28)22-17-9-6-5-8-16(17)4-2/h5-6,8-9H,3-4,7,10-15H2,1-2H3,(H,22,28)(H,23,24,25). The largest absolute Gasteiger partial charge is 0.339 e. The fourth-order valence-corrected chi connectivity index (χ4v) is 4.13. The number of anilines is 1. The minimum atomic E-state index is -0.0151. The highest BCUT2D eigenvalue weighted by atomic mass is 32.2. The number of piperazine rings is 1. The van der Waals surface area contributed by atoms with Crippen LogP contribution in [-0.2, 0) is 22.4 Å². The SMILES string of the molecule is CCCc1nc(SCC(=O)N2CCN(CC(=O)Nc3ccccc3CC)CC2)n[nH]1. The predicted molar refractivity (Wildman–Crippen MR) is 119 cm³/mol. The number of aryl methyl sites for hydroxylation is 2. The highest BCUT2D eigenvalue weighted by molar-refractivity contribution is 7.99. The third-order valence-electron chi connectivity index (χ3n) is 5.09. The summed E-state index contributed by atoms with van der Waals surface area (Å²) in [5.74, 6) is 1.26. The maximum atomic E-state index is 12.5. The number of aromatic amines is 1. The summed E-state index contributed by atoms with van der Waals surface area (Å²) in [4.78, 5) is 33.2. The maximum absolute atomic E-state index is 12.5. The zero-order valence-corrected chi connectivity index (χ0v) is 18.5. The van der Waals surface area contributed by atoms with Gasteiger partial charge in [-0.25, -0.2) is 4.98 Å². The van der Waals surface area contributed by atoms with Gasteiger partial charge in [0.2, 0.25) is 17.0 Å². The molecule has 0 bridgehead atoms. The summed E-state index contributed by atoms with van der Waals surface area (Å²) in [6.07, 6.45) is 2.75. The van der Waals surface area contributed by atoms with Crippen LogP contribution < -0.4 is 5.32 Å². The number of nitrogens with one attached hydrogen (secondary N) is 2. The number of hydrogen-bond donors (Lipinski definition) is 2. The van der Waals surface area contributed by atoms with Crippen molar-refractivity contribution in [2.24, 2.45) is 0 Å². The van der Waals surface area contributed by atoms with Gasteiger partial charge in [0, 0.05) is 38.3 Å². The van der Waals surface area contributed by atoms with Crippen molar-refractivity contribution in [2.75, 3.05) is 43.8 Å². The fraction of sp³-hybridized carbons (Fsp3) is 0.524. The van der Waals surface area contributed by atoms with E-state index in [9.17, 15) is 9.59 Å². The van der Waals surface area contributed by atoms with Crippen LogP contribution in [0.25, 0.3) is 0 Å². The zero-order chi connectivity index (χ0) is 21.3. The molecule has 0 radical (unpaired) electrons. The first kappa shape index (κ1) is 22.3. The van der Waals surface area contributed by atoms with Gasteiger partial charge in [-0.2, -0.15) is 0 Å². The average Bonchev–Trinajstić information content (AvgIpc) is 3.20. The molecule has 30 heavy (non-hydrogen) atoms. The molecule has 1 saturated heterocycles. The Hall–Kier alpha value is -2.39. The van der Waals surface area contributed by atoms with Crippen LogP contribution in [-0.4, -0.2) is 75.3 Å². The number of rotatable bonds is 9. The number of para-hydroxylation sites is 1. The number of thioether (sulfide) groups is 1. The van der Waals surface area contributed by atoms with E-state index in [1.807, 2.05) is 29.2 Å². The van der Waals surface area contributed by atoms with Crippen molar-refractivity contribution < 1.29 is 9.59 Å². The van der Waals surface area contributed by atoms with E-state index in [2.05, 4.69) is 39.2 Å². The Balaban J connectivity index is 1.39. The summed E-state index contributed by atoms with van der Waals surface area (Å²) in [5.41, 5.74) is 2.01. The first-order valence-corrected chi connectivity index (χ1v) is 11.5. The molecule has 8 nitrogen and oxygen atoms in total. The van der Waals surface area contributed by atoms with Crippen molar-refractivity contribution in [1.29, 1.82) is 0 Å². The molecule has 0 saturated carbocycles. The molecule has 3 rings (SSSR count). The van der Waals surface area contributed by atoms with E-state index in [1.54, 1.807) is 0 Å². The van der Waals surface area contributed by atoms with Crippen LogP contribution in [0, 0.1) is 0 Å². The van der Waals surface area contributed by atoms with Crippen molar-refractivity contribution in [3.8, 4) is 0 Å². The van der Waals surface area contributed by atoms with Crippen molar-refractivity contribution in [3.63, 3.8) is 0 Å². The van der Waals surface area contributed by atoms with Crippen LogP contribution in [0.15, 0.2) is 29.4 Å². The summed E-state index contributed by atoms with van der Waals surface area (Å²) >= 11 is 1.36. The zero-order valence-electron chi connectivity index (χ0n) is 17.7. The van der Waals surface area contributed by atoms with Gasteiger partial charge in [-0.15, -0.1) is 5.10 Å². The van der Waals surface area contributed by atoms with Gasteiger partial charge in [0.15, 0.2) is 0 Å². The third-order valence-corrected chi connectivity index (χ3v) is 5.92. The van der Waals surface area contributed by atoms with Gasteiger partial charge in [0.25, 0.3) is 0 Å². The van der Waals surface area contributed by atoms with Crippen LogP contribution in [0.4, 0.5) is 5.69 Å². The number of aromatic nitrogens is 3. The van der Waals surface area contributed by atoms with Crippen LogP contribution in [0.1, 0.15) is 31.7 Å². The fourth-order valence-electron chi connectivity index (χ4n) is 3.41. The summed E-state index contributed by atoms with van der Waals surface area (Å²) < 4.78 is 0. The van der Waals surface area contributed by atoms with Crippen molar-refractivity contribution in [2.45, 2.75) is 38.3 Å². The highest BCUT2D eigenvalue weighted by Gasteiger charge is 2.23. The Labute approximate surface area is 181 Å². The number of benzene rings is 1. The Morgan fingerprint density at radius 2 is 1.93 bits per heavy atom. The Morgan fingerprint density at radius 3 is 2.67 bits per heavy atom. The summed E-state index contributed by atoms with van der Waals surface area (Å²) in [6.45, 7) is 7.16. The second-order valence-corrected chi connectivity index (χ2v) is 8.26. The molecule has 2 N–H and O–H groups in total. The molecule has 0 aliphatic carbocycles. The van der Waals surface area contributed by atoms with E-state index >= 15 is 0 Å². The third kappa shape index (κ3) is 6.30. The highest BCUT2D eigenvalue weighted by Crippen LogP contribution is 2.16. The molecule has 1 aromatic carbocycles. The second-order valence-electron chi connectivity index (χ2n) is 7.32. The van der Waals surface area contributed by atoms with E-state index in [-0.39, 0.29) is 11.8 Å². The minimum Gasteiger partial charge on any atom is -0.339 e. The summed E-state index contributed by atoms with van der Waals surface area (Å²) in [7, 11) is 0. The molecule has 2 amide bonds. The van der Waals surface area contributed by atoms with Crippen LogP contribution in [0.3, 0.4) is 0 Å². The molecule has 0 atom stereocenters. The maximum Gasteiger partial charge on any atom is 0.238 e. The number of H-pyrrole nitrogens is 1. The van der Waals surface area contributed by atoms with Crippen LogP contribution in [0.2, 0.25) is 0 Å².